The minimum atomic E-state index is -0.677. The Labute approximate surface area is 120 Å². The van der Waals surface area contributed by atoms with Crippen molar-refractivity contribution < 1.29 is 18.3 Å². The van der Waals surface area contributed by atoms with Crippen LogP contribution in [0.3, 0.4) is 0 Å². The summed E-state index contributed by atoms with van der Waals surface area (Å²) in [5, 5.41) is 2.61. The number of hydrogen-bond donors (Lipinski definition) is 2. The Morgan fingerprint density at radius 2 is 1.95 bits per heavy atom. The lowest BCUT2D eigenvalue weighted by Crippen LogP contribution is -2.16. The van der Waals surface area contributed by atoms with Crippen LogP contribution in [0, 0.1) is 11.6 Å². The summed E-state index contributed by atoms with van der Waals surface area (Å²) in [5.41, 5.74) is 6.63. The van der Waals surface area contributed by atoms with Crippen molar-refractivity contribution in [3.05, 3.63) is 54.1 Å². The Bertz CT molecular complexity index is 647. The highest BCUT2D eigenvalue weighted by Crippen LogP contribution is 2.19. The zero-order valence-electron chi connectivity index (χ0n) is 11.1. The van der Waals surface area contributed by atoms with E-state index in [1.807, 2.05) is 0 Å². The van der Waals surface area contributed by atoms with Gasteiger partial charge in [0.05, 0.1) is 24.4 Å². The van der Waals surface area contributed by atoms with Crippen LogP contribution in [-0.2, 0) is 4.79 Å². The molecule has 0 bridgehead atoms. The quantitative estimate of drug-likeness (QED) is 0.833. The van der Waals surface area contributed by atoms with Gasteiger partial charge in [0.15, 0.2) is 11.6 Å². The minimum absolute atomic E-state index is 0.00964. The fraction of sp³-hybridized carbons (Fsp3) is 0.133. The van der Waals surface area contributed by atoms with Crippen molar-refractivity contribution in [2.24, 2.45) is 0 Å². The van der Waals surface area contributed by atoms with Crippen molar-refractivity contribution in [2.45, 2.75) is 6.42 Å². The maximum atomic E-state index is 13.3. The van der Waals surface area contributed by atoms with Crippen molar-refractivity contribution >= 4 is 17.3 Å². The average Bonchev–Trinajstić information content (AvgIpc) is 2.45. The number of carbonyl (C=O) groups is 1. The largest absolute Gasteiger partial charge is 0.490 e. The second kappa shape index (κ2) is 6.69. The number of benzene rings is 2. The first-order valence-electron chi connectivity index (χ1n) is 6.28. The summed E-state index contributed by atoms with van der Waals surface area (Å²) < 4.78 is 31.3. The molecule has 0 aromatic heterocycles. The molecule has 0 heterocycles. The SMILES string of the molecule is Nc1ccccc1NC(=O)CCOc1cc(F)ccc1F. The number of nitrogen functional groups attached to an aromatic ring is 1. The van der Waals surface area contributed by atoms with Crippen LogP contribution in [-0.4, -0.2) is 12.5 Å². The smallest absolute Gasteiger partial charge is 0.227 e. The Morgan fingerprint density at radius 1 is 1.19 bits per heavy atom. The molecule has 0 saturated heterocycles. The number of ether oxygens (including phenoxy) is 1. The third-order valence-electron chi connectivity index (χ3n) is 2.71. The van der Waals surface area contributed by atoms with Crippen molar-refractivity contribution in [3.63, 3.8) is 0 Å². The molecule has 110 valence electrons. The molecule has 0 radical (unpaired) electrons. The number of nitrogens with two attached hydrogens (primary N) is 1. The molecule has 1 amide bonds. The molecule has 0 atom stereocenters. The van der Waals surface area contributed by atoms with Gasteiger partial charge in [0.1, 0.15) is 5.82 Å². The Hall–Kier alpha value is -2.63. The van der Waals surface area contributed by atoms with Gasteiger partial charge >= 0.3 is 0 Å². The second-order valence-electron chi connectivity index (χ2n) is 4.31. The van der Waals surface area contributed by atoms with Gasteiger partial charge in [0.2, 0.25) is 5.91 Å². The molecule has 4 nitrogen and oxygen atoms in total. The first kappa shape index (κ1) is 14.8. The summed E-state index contributed by atoms with van der Waals surface area (Å²) >= 11 is 0. The monoisotopic (exact) mass is 292 g/mol. The predicted octanol–water partition coefficient (Wildman–Crippen LogP) is 2.95. The topological polar surface area (TPSA) is 64.3 Å². The maximum absolute atomic E-state index is 13.3. The average molecular weight is 292 g/mol. The number of carbonyl (C=O) groups excluding carboxylic acids is 1. The molecule has 0 aliphatic carbocycles. The van der Waals surface area contributed by atoms with E-state index in [1.54, 1.807) is 24.3 Å². The lowest BCUT2D eigenvalue weighted by molar-refractivity contribution is -0.116. The fourth-order valence-electron chi connectivity index (χ4n) is 1.67. The van der Waals surface area contributed by atoms with Crippen LogP contribution >= 0.6 is 0 Å². The van der Waals surface area contributed by atoms with Crippen LogP contribution in [0.15, 0.2) is 42.5 Å². The summed E-state index contributed by atoms with van der Waals surface area (Å²) in [6.45, 7) is -0.0705. The highest BCUT2D eigenvalue weighted by Gasteiger charge is 2.08. The van der Waals surface area contributed by atoms with Crippen molar-refractivity contribution in [1.82, 2.24) is 0 Å². The van der Waals surface area contributed by atoms with E-state index in [4.69, 9.17) is 10.5 Å². The number of rotatable bonds is 5. The number of amides is 1. The summed E-state index contributed by atoms with van der Waals surface area (Å²) in [6, 6.07) is 9.71. The van der Waals surface area contributed by atoms with Crippen molar-refractivity contribution in [2.75, 3.05) is 17.7 Å². The van der Waals surface area contributed by atoms with Crippen LogP contribution in [0.4, 0.5) is 20.2 Å². The zero-order valence-corrected chi connectivity index (χ0v) is 11.1. The molecule has 0 saturated carbocycles. The zero-order chi connectivity index (χ0) is 15.2. The summed E-state index contributed by atoms with van der Waals surface area (Å²) in [7, 11) is 0. The van der Waals surface area contributed by atoms with Gasteiger partial charge in [-0.15, -0.1) is 0 Å². The fourth-order valence-corrected chi connectivity index (χ4v) is 1.67. The van der Waals surface area contributed by atoms with Crippen LogP contribution in [0.5, 0.6) is 5.75 Å². The molecule has 0 aliphatic rings. The van der Waals surface area contributed by atoms with E-state index >= 15 is 0 Å². The second-order valence-corrected chi connectivity index (χ2v) is 4.31. The summed E-state index contributed by atoms with van der Waals surface area (Å²) in [4.78, 5) is 11.7. The molecule has 0 unspecified atom stereocenters. The number of anilines is 2. The van der Waals surface area contributed by atoms with E-state index in [1.165, 1.54) is 0 Å². The molecule has 0 spiro atoms. The Morgan fingerprint density at radius 3 is 2.71 bits per heavy atom. The number of nitrogens with one attached hydrogen (secondary N) is 1. The van der Waals surface area contributed by atoms with Gasteiger partial charge < -0.3 is 15.8 Å². The Balaban J connectivity index is 1.85. The minimum Gasteiger partial charge on any atom is -0.490 e. The van der Waals surface area contributed by atoms with E-state index < -0.39 is 11.6 Å². The van der Waals surface area contributed by atoms with Crippen LogP contribution < -0.4 is 15.8 Å². The molecule has 2 aromatic rings. The molecular formula is C15H14F2N2O2. The summed E-state index contributed by atoms with van der Waals surface area (Å²) in [6.07, 6.45) is -0.00964. The standard InChI is InChI=1S/C15H14F2N2O2/c16-10-5-6-11(17)14(9-10)21-8-7-15(20)19-13-4-2-1-3-12(13)18/h1-6,9H,7-8,18H2,(H,19,20). The molecule has 2 rings (SSSR count). The van der Waals surface area contributed by atoms with Crippen LogP contribution in [0.1, 0.15) is 6.42 Å². The van der Waals surface area contributed by atoms with E-state index in [-0.39, 0.29) is 24.7 Å². The van der Waals surface area contributed by atoms with Gasteiger partial charge in [0, 0.05) is 6.07 Å². The van der Waals surface area contributed by atoms with Gasteiger partial charge in [-0.25, -0.2) is 8.78 Å². The van der Waals surface area contributed by atoms with E-state index in [2.05, 4.69) is 5.32 Å². The molecule has 6 heteroatoms. The third-order valence-corrected chi connectivity index (χ3v) is 2.71. The number of para-hydroxylation sites is 2. The van der Waals surface area contributed by atoms with Gasteiger partial charge in [-0.1, -0.05) is 12.1 Å². The predicted molar refractivity (Wildman–Crippen MR) is 76.0 cm³/mol. The maximum Gasteiger partial charge on any atom is 0.227 e. The van der Waals surface area contributed by atoms with E-state index in [0.717, 1.165) is 18.2 Å². The summed E-state index contributed by atoms with van der Waals surface area (Å²) in [5.74, 6) is -1.83. The van der Waals surface area contributed by atoms with Gasteiger partial charge in [-0.05, 0) is 24.3 Å². The molecule has 2 aromatic carbocycles. The molecular weight excluding hydrogens is 278 g/mol. The highest BCUT2D eigenvalue weighted by atomic mass is 19.1. The number of hydrogen-bond acceptors (Lipinski definition) is 3. The Kier molecular flexibility index (Phi) is 4.71. The van der Waals surface area contributed by atoms with Gasteiger partial charge in [-0.2, -0.15) is 0 Å². The van der Waals surface area contributed by atoms with E-state index in [0.29, 0.717) is 11.4 Å². The molecule has 0 aliphatic heterocycles. The van der Waals surface area contributed by atoms with Crippen LogP contribution in [0.25, 0.3) is 0 Å². The molecule has 3 N–H and O–H groups in total. The van der Waals surface area contributed by atoms with E-state index in [9.17, 15) is 13.6 Å². The molecule has 0 fully saturated rings. The first-order valence-corrected chi connectivity index (χ1v) is 6.28. The lowest BCUT2D eigenvalue weighted by atomic mass is 10.2. The lowest BCUT2D eigenvalue weighted by Gasteiger charge is -2.09. The van der Waals surface area contributed by atoms with Gasteiger partial charge in [0.25, 0.3) is 0 Å². The normalized spacial score (nSPS) is 10.2. The third kappa shape index (κ3) is 4.17. The van der Waals surface area contributed by atoms with Gasteiger partial charge in [-0.3, -0.25) is 4.79 Å². The number of halogens is 2. The van der Waals surface area contributed by atoms with Crippen molar-refractivity contribution in [3.8, 4) is 5.75 Å². The first-order chi connectivity index (χ1) is 10.1. The van der Waals surface area contributed by atoms with Crippen LogP contribution in [0.2, 0.25) is 0 Å². The highest BCUT2D eigenvalue weighted by molar-refractivity contribution is 5.93. The molecule has 21 heavy (non-hydrogen) atoms. The van der Waals surface area contributed by atoms with Crippen molar-refractivity contribution in [1.29, 1.82) is 0 Å².